The van der Waals surface area contributed by atoms with Gasteiger partial charge in [-0.15, -0.1) is 11.3 Å². The SMILES string of the molecule is CCCN(CC)C(=O)c1sc(-c2cc(Cl)ccc2OC)nc1C. The highest BCUT2D eigenvalue weighted by Gasteiger charge is 2.21. The smallest absolute Gasteiger partial charge is 0.265 e. The van der Waals surface area contributed by atoms with E-state index in [1.54, 1.807) is 13.2 Å². The molecule has 0 saturated heterocycles. The lowest BCUT2D eigenvalue weighted by Gasteiger charge is -2.19. The minimum atomic E-state index is 0.0385. The van der Waals surface area contributed by atoms with E-state index in [1.165, 1.54) is 11.3 Å². The van der Waals surface area contributed by atoms with Gasteiger partial charge in [0.2, 0.25) is 0 Å². The standard InChI is InChI=1S/C17H21ClN2O2S/c1-5-9-20(6-2)17(21)15-11(3)19-16(23-15)13-10-12(18)7-8-14(13)22-4/h7-8,10H,5-6,9H2,1-4H3. The van der Waals surface area contributed by atoms with Crippen LogP contribution in [0, 0.1) is 6.92 Å². The van der Waals surface area contributed by atoms with Crippen LogP contribution in [0.1, 0.15) is 35.6 Å². The van der Waals surface area contributed by atoms with Crippen molar-refractivity contribution in [3.63, 3.8) is 0 Å². The highest BCUT2D eigenvalue weighted by molar-refractivity contribution is 7.17. The molecule has 2 aromatic rings. The van der Waals surface area contributed by atoms with Crippen molar-refractivity contribution in [2.75, 3.05) is 20.2 Å². The van der Waals surface area contributed by atoms with Gasteiger partial charge in [-0.25, -0.2) is 4.98 Å². The van der Waals surface area contributed by atoms with Crippen LogP contribution in [0.25, 0.3) is 10.6 Å². The van der Waals surface area contributed by atoms with Crippen LogP contribution >= 0.6 is 22.9 Å². The Hall–Kier alpha value is -1.59. The molecule has 0 saturated carbocycles. The number of ether oxygens (including phenoxy) is 1. The number of aryl methyl sites for hydroxylation is 1. The fourth-order valence-corrected chi connectivity index (χ4v) is 3.60. The molecular formula is C17H21ClN2O2S. The van der Waals surface area contributed by atoms with Crippen LogP contribution in [-0.2, 0) is 0 Å². The van der Waals surface area contributed by atoms with Crippen LogP contribution in [-0.4, -0.2) is 36.0 Å². The van der Waals surface area contributed by atoms with Crippen LogP contribution in [0.2, 0.25) is 5.02 Å². The Morgan fingerprint density at radius 1 is 1.39 bits per heavy atom. The van der Waals surface area contributed by atoms with Gasteiger partial charge in [-0.2, -0.15) is 0 Å². The summed E-state index contributed by atoms with van der Waals surface area (Å²) >= 11 is 7.48. The third kappa shape index (κ3) is 3.85. The number of thiazole rings is 1. The minimum Gasteiger partial charge on any atom is -0.496 e. The van der Waals surface area contributed by atoms with Crippen molar-refractivity contribution in [2.45, 2.75) is 27.2 Å². The Morgan fingerprint density at radius 3 is 2.74 bits per heavy atom. The number of hydrogen-bond donors (Lipinski definition) is 0. The number of amides is 1. The van der Waals surface area contributed by atoms with Crippen molar-refractivity contribution in [3.05, 3.63) is 33.8 Å². The van der Waals surface area contributed by atoms with Gasteiger partial charge in [-0.05, 0) is 38.5 Å². The summed E-state index contributed by atoms with van der Waals surface area (Å²) < 4.78 is 5.38. The summed E-state index contributed by atoms with van der Waals surface area (Å²) in [5, 5.41) is 1.36. The monoisotopic (exact) mass is 352 g/mol. The molecule has 0 unspecified atom stereocenters. The van der Waals surface area contributed by atoms with Crippen molar-refractivity contribution < 1.29 is 9.53 Å². The van der Waals surface area contributed by atoms with E-state index in [1.807, 2.05) is 30.9 Å². The van der Waals surface area contributed by atoms with Crippen LogP contribution in [0.15, 0.2) is 18.2 Å². The summed E-state index contributed by atoms with van der Waals surface area (Å²) in [6.45, 7) is 7.37. The van der Waals surface area contributed by atoms with E-state index < -0.39 is 0 Å². The molecule has 0 atom stereocenters. The van der Waals surface area contributed by atoms with E-state index in [4.69, 9.17) is 16.3 Å². The van der Waals surface area contributed by atoms with E-state index >= 15 is 0 Å². The van der Waals surface area contributed by atoms with E-state index in [0.29, 0.717) is 22.2 Å². The molecule has 124 valence electrons. The number of methoxy groups -OCH3 is 1. The maximum atomic E-state index is 12.7. The summed E-state index contributed by atoms with van der Waals surface area (Å²) in [7, 11) is 1.61. The fourth-order valence-electron chi connectivity index (χ4n) is 2.37. The summed E-state index contributed by atoms with van der Waals surface area (Å²) in [6, 6.07) is 5.40. The first kappa shape index (κ1) is 17.8. The molecule has 0 aliphatic heterocycles. The van der Waals surface area contributed by atoms with Gasteiger partial charge in [0.1, 0.15) is 15.6 Å². The van der Waals surface area contributed by atoms with Crippen molar-refractivity contribution >= 4 is 28.8 Å². The molecule has 1 aromatic heterocycles. The fraction of sp³-hybridized carbons (Fsp3) is 0.412. The number of carbonyl (C=O) groups excluding carboxylic acids is 1. The Kier molecular flexibility index (Phi) is 6.02. The number of carbonyl (C=O) groups is 1. The molecule has 2 rings (SSSR count). The zero-order valence-electron chi connectivity index (χ0n) is 13.9. The summed E-state index contributed by atoms with van der Waals surface area (Å²) in [5.74, 6) is 0.736. The second kappa shape index (κ2) is 7.79. The van der Waals surface area contributed by atoms with Gasteiger partial charge in [-0.3, -0.25) is 4.79 Å². The molecule has 0 aliphatic carbocycles. The zero-order valence-corrected chi connectivity index (χ0v) is 15.4. The van der Waals surface area contributed by atoms with E-state index in [-0.39, 0.29) is 5.91 Å². The number of halogens is 1. The average molecular weight is 353 g/mol. The van der Waals surface area contributed by atoms with Crippen LogP contribution in [0.4, 0.5) is 0 Å². The first-order valence-corrected chi connectivity index (χ1v) is 8.81. The second-order valence-electron chi connectivity index (χ2n) is 5.16. The minimum absolute atomic E-state index is 0.0385. The molecule has 1 amide bonds. The van der Waals surface area contributed by atoms with Crippen molar-refractivity contribution in [2.24, 2.45) is 0 Å². The first-order valence-electron chi connectivity index (χ1n) is 7.62. The van der Waals surface area contributed by atoms with Crippen LogP contribution < -0.4 is 4.74 Å². The maximum absolute atomic E-state index is 12.7. The third-order valence-corrected chi connectivity index (χ3v) is 4.96. The summed E-state index contributed by atoms with van der Waals surface area (Å²) in [6.07, 6.45) is 0.937. The number of benzene rings is 1. The lowest BCUT2D eigenvalue weighted by molar-refractivity contribution is 0.0768. The Balaban J connectivity index is 2.42. The van der Waals surface area contributed by atoms with Crippen LogP contribution in [0.3, 0.4) is 0 Å². The number of hydrogen-bond acceptors (Lipinski definition) is 4. The average Bonchev–Trinajstić information content (AvgIpc) is 2.93. The largest absolute Gasteiger partial charge is 0.496 e. The molecule has 0 bridgehead atoms. The number of aromatic nitrogens is 1. The Morgan fingerprint density at radius 2 is 2.13 bits per heavy atom. The lowest BCUT2D eigenvalue weighted by Crippen LogP contribution is -2.31. The lowest BCUT2D eigenvalue weighted by atomic mass is 10.2. The Bertz CT molecular complexity index is 700. The molecule has 0 fully saturated rings. The van der Waals surface area contributed by atoms with Crippen molar-refractivity contribution in [1.29, 1.82) is 0 Å². The highest BCUT2D eigenvalue weighted by Crippen LogP contribution is 2.36. The molecule has 0 spiro atoms. The molecular weight excluding hydrogens is 332 g/mol. The summed E-state index contributed by atoms with van der Waals surface area (Å²) in [4.78, 5) is 19.8. The quantitative estimate of drug-likeness (QED) is 0.759. The normalized spacial score (nSPS) is 10.7. The van der Waals surface area contributed by atoms with E-state index in [9.17, 15) is 4.79 Å². The molecule has 23 heavy (non-hydrogen) atoms. The summed E-state index contributed by atoms with van der Waals surface area (Å²) in [5.41, 5.74) is 1.55. The molecule has 1 heterocycles. The molecule has 1 aromatic carbocycles. The van der Waals surface area contributed by atoms with Gasteiger partial charge in [-0.1, -0.05) is 18.5 Å². The van der Waals surface area contributed by atoms with E-state index in [0.717, 1.165) is 29.2 Å². The van der Waals surface area contributed by atoms with Gasteiger partial charge in [0.25, 0.3) is 5.91 Å². The van der Waals surface area contributed by atoms with Gasteiger partial charge >= 0.3 is 0 Å². The van der Waals surface area contributed by atoms with Gasteiger partial charge in [0.05, 0.1) is 18.4 Å². The topological polar surface area (TPSA) is 42.4 Å². The Labute approximate surface area is 146 Å². The van der Waals surface area contributed by atoms with Gasteiger partial charge < -0.3 is 9.64 Å². The van der Waals surface area contributed by atoms with E-state index in [2.05, 4.69) is 11.9 Å². The van der Waals surface area contributed by atoms with Crippen molar-refractivity contribution in [1.82, 2.24) is 9.88 Å². The predicted molar refractivity (Wildman–Crippen MR) is 95.7 cm³/mol. The number of rotatable bonds is 6. The molecule has 6 heteroatoms. The predicted octanol–water partition coefficient (Wildman–Crippen LogP) is 4.65. The third-order valence-electron chi connectivity index (χ3n) is 3.55. The molecule has 0 aliphatic rings. The van der Waals surface area contributed by atoms with Gasteiger partial charge in [0, 0.05) is 18.1 Å². The maximum Gasteiger partial charge on any atom is 0.265 e. The molecule has 0 N–H and O–H groups in total. The molecule has 4 nitrogen and oxygen atoms in total. The second-order valence-corrected chi connectivity index (χ2v) is 6.60. The first-order chi connectivity index (χ1) is 11.0. The van der Waals surface area contributed by atoms with Crippen LogP contribution in [0.5, 0.6) is 5.75 Å². The molecule has 0 radical (unpaired) electrons. The highest BCUT2D eigenvalue weighted by atomic mass is 35.5. The number of nitrogens with zero attached hydrogens (tertiary/aromatic N) is 2. The zero-order chi connectivity index (χ0) is 17.0. The van der Waals surface area contributed by atoms with Gasteiger partial charge in [0.15, 0.2) is 0 Å². The van der Waals surface area contributed by atoms with Crippen molar-refractivity contribution in [3.8, 4) is 16.3 Å².